The highest BCUT2D eigenvalue weighted by molar-refractivity contribution is 6.28. The predicted molar refractivity (Wildman–Crippen MR) is 80.4 cm³/mol. The second-order valence-electron chi connectivity index (χ2n) is 5.85. The summed E-state index contributed by atoms with van der Waals surface area (Å²) in [6, 6.07) is 11.0. The van der Waals surface area contributed by atoms with Crippen molar-refractivity contribution in [3.8, 4) is 0 Å². The first-order chi connectivity index (χ1) is 10.3. The van der Waals surface area contributed by atoms with Crippen LogP contribution in [0.2, 0.25) is 0 Å². The normalized spacial score (nSPS) is 13.6. The minimum absolute atomic E-state index is 0.207. The lowest BCUT2D eigenvalue weighted by Crippen LogP contribution is -2.31. The molecule has 0 aromatic heterocycles. The molecule has 0 heterocycles. The van der Waals surface area contributed by atoms with Crippen molar-refractivity contribution in [2.75, 3.05) is 0 Å². The summed E-state index contributed by atoms with van der Waals surface area (Å²) in [7, 11) is 0. The summed E-state index contributed by atoms with van der Waals surface area (Å²) in [5.41, 5.74) is -0.107. The van der Waals surface area contributed by atoms with E-state index < -0.39 is 11.4 Å². The Kier molecular flexibility index (Phi) is 3.07. The number of hydrogen-bond donors (Lipinski definition) is 1. The van der Waals surface area contributed by atoms with Crippen LogP contribution in [0.5, 0.6) is 0 Å². The van der Waals surface area contributed by atoms with E-state index in [2.05, 4.69) is 0 Å². The van der Waals surface area contributed by atoms with Crippen molar-refractivity contribution >= 4 is 17.3 Å². The van der Waals surface area contributed by atoms with Crippen LogP contribution < -0.4 is 0 Å². The average Bonchev–Trinajstić information content (AvgIpc) is 2.50. The van der Waals surface area contributed by atoms with E-state index in [1.165, 1.54) is 32.0 Å². The van der Waals surface area contributed by atoms with Crippen LogP contribution in [0.1, 0.15) is 56.0 Å². The maximum atomic E-state index is 12.6. The summed E-state index contributed by atoms with van der Waals surface area (Å²) in [6.45, 7) is 2.77. The summed E-state index contributed by atoms with van der Waals surface area (Å²) < 4.78 is 0. The molecule has 2 aromatic rings. The Morgan fingerprint density at radius 1 is 0.864 bits per heavy atom. The predicted octanol–water partition coefficient (Wildman–Crippen LogP) is 2.42. The number of carbonyl (C=O) groups excluding carboxylic acids is 3. The van der Waals surface area contributed by atoms with Gasteiger partial charge in [-0.25, -0.2) is 0 Å². The highest BCUT2D eigenvalue weighted by atomic mass is 16.3. The van der Waals surface area contributed by atoms with Gasteiger partial charge in [0, 0.05) is 27.8 Å². The summed E-state index contributed by atoms with van der Waals surface area (Å²) in [6.07, 6.45) is 0. The highest BCUT2D eigenvalue weighted by Crippen LogP contribution is 2.28. The topological polar surface area (TPSA) is 71.4 Å². The van der Waals surface area contributed by atoms with Crippen LogP contribution in [0.25, 0.3) is 0 Å². The lowest BCUT2D eigenvalue weighted by molar-refractivity contribution is 0.0488. The van der Waals surface area contributed by atoms with Gasteiger partial charge in [0.05, 0.1) is 0 Å². The Morgan fingerprint density at radius 3 is 1.91 bits per heavy atom. The van der Waals surface area contributed by atoms with Gasteiger partial charge in [0.15, 0.2) is 17.3 Å². The smallest absolute Gasteiger partial charge is 0.194 e. The third-order valence-electron chi connectivity index (χ3n) is 3.74. The fraction of sp³-hybridized carbons (Fsp3) is 0.167. The third-order valence-corrected chi connectivity index (χ3v) is 3.74. The minimum atomic E-state index is -1.53. The molecule has 0 spiro atoms. The fourth-order valence-corrected chi connectivity index (χ4v) is 2.59. The van der Waals surface area contributed by atoms with E-state index in [1.807, 2.05) is 0 Å². The van der Waals surface area contributed by atoms with Crippen LogP contribution in [-0.4, -0.2) is 28.1 Å². The Labute approximate surface area is 127 Å². The quantitative estimate of drug-likeness (QED) is 0.737. The van der Waals surface area contributed by atoms with Gasteiger partial charge < -0.3 is 5.11 Å². The molecule has 110 valence electrons. The van der Waals surface area contributed by atoms with Gasteiger partial charge in [0.25, 0.3) is 0 Å². The van der Waals surface area contributed by atoms with Crippen molar-refractivity contribution in [2.45, 2.75) is 19.4 Å². The zero-order valence-electron chi connectivity index (χ0n) is 12.2. The molecular weight excluding hydrogens is 280 g/mol. The standard InChI is InChI=1S/C18H14O4/c1-18(2,22)17(21)10-7-8-13-14(9-10)16(20)12-6-4-3-5-11(12)15(13)19/h3-9,22H,1-2H3. The Balaban J connectivity index is 2.16. The Hall–Kier alpha value is -2.59. The molecule has 4 nitrogen and oxygen atoms in total. The van der Waals surface area contributed by atoms with Crippen molar-refractivity contribution in [2.24, 2.45) is 0 Å². The molecule has 0 unspecified atom stereocenters. The summed E-state index contributed by atoms with van der Waals surface area (Å²) in [5, 5.41) is 9.82. The molecule has 22 heavy (non-hydrogen) atoms. The molecule has 0 radical (unpaired) electrons. The highest BCUT2D eigenvalue weighted by Gasteiger charge is 2.32. The molecule has 3 rings (SSSR count). The van der Waals surface area contributed by atoms with Gasteiger partial charge in [0.1, 0.15) is 5.60 Å². The maximum Gasteiger partial charge on any atom is 0.194 e. The first kappa shape index (κ1) is 14.4. The van der Waals surface area contributed by atoms with Crippen molar-refractivity contribution in [3.63, 3.8) is 0 Å². The van der Waals surface area contributed by atoms with Crippen LogP contribution in [0.4, 0.5) is 0 Å². The van der Waals surface area contributed by atoms with Gasteiger partial charge in [0.2, 0.25) is 0 Å². The SMILES string of the molecule is CC(C)(O)C(=O)c1ccc2c(c1)C(=O)c1ccccc1C2=O. The zero-order valence-corrected chi connectivity index (χ0v) is 12.2. The van der Waals surface area contributed by atoms with E-state index in [4.69, 9.17) is 0 Å². The molecule has 0 bridgehead atoms. The molecule has 1 aliphatic carbocycles. The number of Topliss-reactive ketones (excluding diaryl/α,β-unsaturated/α-hetero) is 1. The molecular formula is C18H14O4. The molecule has 0 atom stereocenters. The van der Waals surface area contributed by atoms with E-state index in [0.717, 1.165) is 0 Å². The molecule has 2 aromatic carbocycles. The summed E-state index contributed by atoms with van der Waals surface area (Å²) >= 11 is 0. The number of aliphatic hydroxyl groups is 1. The molecule has 1 N–H and O–H groups in total. The van der Waals surface area contributed by atoms with Gasteiger partial charge in [-0.1, -0.05) is 30.3 Å². The van der Waals surface area contributed by atoms with Crippen LogP contribution >= 0.6 is 0 Å². The fourth-order valence-electron chi connectivity index (χ4n) is 2.59. The van der Waals surface area contributed by atoms with E-state index in [0.29, 0.717) is 11.1 Å². The second kappa shape index (κ2) is 4.71. The monoisotopic (exact) mass is 294 g/mol. The van der Waals surface area contributed by atoms with Crippen molar-refractivity contribution < 1.29 is 19.5 Å². The number of carbonyl (C=O) groups is 3. The maximum absolute atomic E-state index is 12.6. The van der Waals surface area contributed by atoms with Gasteiger partial charge in [-0.3, -0.25) is 14.4 Å². The van der Waals surface area contributed by atoms with Gasteiger partial charge in [-0.2, -0.15) is 0 Å². The van der Waals surface area contributed by atoms with Gasteiger partial charge in [-0.15, -0.1) is 0 Å². The van der Waals surface area contributed by atoms with Crippen LogP contribution in [0.15, 0.2) is 42.5 Å². The third kappa shape index (κ3) is 2.09. The number of hydrogen-bond acceptors (Lipinski definition) is 4. The average molecular weight is 294 g/mol. The number of rotatable bonds is 2. The Morgan fingerprint density at radius 2 is 1.36 bits per heavy atom. The van der Waals surface area contributed by atoms with Gasteiger partial charge >= 0.3 is 0 Å². The number of ketones is 3. The number of benzene rings is 2. The minimum Gasteiger partial charge on any atom is -0.382 e. The largest absolute Gasteiger partial charge is 0.382 e. The van der Waals surface area contributed by atoms with E-state index in [-0.39, 0.29) is 28.3 Å². The van der Waals surface area contributed by atoms with E-state index in [1.54, 1.807) is 24.3 Å². The first-order valence-electron chi connectivity index (χ1n) is 6.90. The molecule has 0 aliphatic heterocycles. The zero-order chi connectivity index (χ0) is 16.1. The molecule has 0 amide bonds. The van der Waals surface area contributed by atoms with Gasteiger partial charge in [-0.05, 0) is 26.0 Å². The molecule has 0 saturated carbocycles. The van der Waals surface area contributed by atoms with Crippen LogP contribution in [0.3, 0.4) is 0 Å². The van der Waals surface area contributed by atoms with E-state index >= 15 is 0 Å². The molecule has 1 aliphatic rings. The first-order valence-corrected chi connectivity index (χ1v) is 6.90. The van der Waals surface area contributed by atoms with Crippen molar-refractivity contribution in [1.82, 2.24) is 0 Å². The lowest BCUT2D eigenvalue weighted by Gasteiger charge is -2.20. The molecule has 0 saturated heterocycles. The molecule has 0 fully saturated rings. The second-order valence-corrected chi connectivity index (χ2v) is 5.85. The number of fused-ring (bicyclic) bond motifs is 2. The van der Waals surface area contributed by atoms with E-state index in [9.17, 15) is 19.5 Å². The summed E-state index contributed by atoms with van der Waals surface area (Å²) in [4.78, 5) is 37.1. The van der Waals surface area contributed by atoms with Crippen LogP contribution in [-0.2, 0) is 0 Å². The van der Waals surface area contributed by atoms with Crippen molar-refractivity contribution in [1.29, 1.82) is 0 Å². The molecule has 4 heteroatoms. The Bertz CT molecular complexity index is 825. The van der Waals surface area contributed by atoms with Crippen LogP contribution in [0, 0.1) is 0 Å². The van der Waals surface area contributed by atoms with Crippen molar-refractivity contribution in [3.05, 3.63) is 70.3 Å². The summed E-state index contributed by atoms with van der Waals surface area (Å²) in [5.74, 6) is -1.00. The lowest BCUT2D eigenvalue weighted by atomic mass is 9.82.